The van der Waals surface area contributed by atoms with Gasteiger partial charge in [0.15, 0.2) is 0 Å². The molecule has 126 valence electrons. The van der Waals surface area contributed by atoms with E-state index in [1.54, 1.807) is 10.9 Å². The van der Waals surface area contributed by atoms with Crippen LogP contribution in [0.1, 0.15) is 30.0 Å². The predicted molar refractivity (Wildman–Crippen MR) is 94.3 cm³/mol. The van der Waals surface area contributed by atoms with Crippen LogP contribution in [-0.2, 0) is 13.6 Å². The summed E-state index contributed by atoms with van der Waals surface area (Å²) in [4.78, 5) is 15.1. The van der Waals surface area contributed by atoms with Crippen molar-refractivity contribution >= 4 is 0 Å². The Hall–Kier alpha value is -2.53. The van der Waals surface area contributed by atoms with Crippen molar-refractivity contribution in [2.75, 3.05) is 7.05 Å². The van der Waals surface area contributed by atoms with Crippen LogP contribution in [-0.4, -0.2) is 21.3 Å². The maximum absolute atomic E-state index is 12.9. The van der Waals surface area contributed by atoms with Crippen molar-refractivity contribution in [3.63, 3.8) is 0 Å². The minimum absolute atomic E-state index is 0.0275. The third-order valence-corrected chi connectivity index (χ3v) is 4.70. The number of rotatable bonds is 5. The van der Waals surface area contributed by atoms with Crippen LogP contribution >= 0.6 is 0 Å². The second-order valence-electron chi connectivity index (χ2n) is 6.15. The first-order chi connectivity index (χ1) is 11.5. The summed E-state index contributed by atoms with van der Waals surface area (Å²) in [7, 11) is 3.93. The summed E-state index contributed by atoms with van der Waals surface area (Å²) in [5.74, 6) is 0.898. The van der Waals surface area contributed by atoms with Gasteiger partial charge in [0, 0.05) is 19.3 Å². The molecule has 5 heteroatoms. The maximum Gasteiger partial charge on any atom is 0.276 e. The molecule has 24 heavy (non-hydrogen) atoms. The molecule has 2 aromatic heterocycles. The minimum Gasteiger partial charge on any atom is -0.468 e. The average molecular weight is 325 g/mol. The molecule has 0 spiro atoms. The molecule has 0 aliphatic rings. The minimum atomic E-state index is 0.0275. The lowest BCUT2D eigenvalue weighted by molar-refractivity contribution is 0.222. The number of benzene rings is 1. The zero-order valence-electron chi connectivity index (χ0n) is 14.6. The Kier molecular flexibility index (Phi) is 4.44. The molecule has 1 aromatic carbocycles. The fourth-order valence-corrected chi connectivity index (χ4v) is 2.94. The van der Waals surface area contributed by atoms with E-state index in [9.17, 15) is 4.79 Å². The highest BCUT2D eigenvalue weighted by Gasteiger charge is 2.21. The number of nitrogens with zero attached hydrogens (tertiary/aromatic N) is 3. The summed E-state index contributed by atoms with van der Waals surface area (Å²) in [6.07, 6.45) is 1.68. The van der Waals surface area contributed by atoms with Crippen molar-refractivity contribution < 1.29 is 4.42 Å². The summed E-state index contributed by atoms with van der Waals surface area (Å²) < 4.78 is 9.12. The molecular formula is C19H23N3O2. The Bertz CT molecular complexity index is 860. The lowest BCUT2D eigenvalue weighted by atomic mass is 10.2. The topological polar surface area (TPSA) is 43.3 Å². The molecule has 0 unspecified atom stereocenters. The summed E-state index contributed by atoms with van der Waals surface area (Å²) in [5.41, 5.74) is 2.69. The molecular weight excluding hydrogens is 302 g/mol. The van der Waals surface area contributed by atoms with Crippen LogP contribution in [0.25, 0.3) is 5.69 Å². The van der Waals surface area contributed by atoms with Gasteiger partial charge in [0.05, 0.1) is 23.6 Å². The number of hydrogen-bond donors (Lipinski definition) is 0. The van der Waals surface area contributed by atoms with Gasteiger partial charge >= 0.3 is 0 Å². The Labute approximate surface area is 141 Å². The molecule has 0 bridgehead atoms. The highest BCUT2D eigenvalue weighted by molar-refractivity contribution is 5.33. The van der Waals surface area contributed by atoms with Crippen LogP contribution in [0.5, 0.6) is 0 Å². The van der Waals surface area contributed by atoms with Crippen molar-refractivity contribution in [2.24, 2.45) is 7.05 Å². The first-order valence-electron chi connectivity index (χ1n) is 8.07. The molecule has 0 fully saturated rings. The first-order valence-corrected chi connectivity index (χ1v) is 8.07. The Morgan fingerprint density at radius 1 is 1.17 bits per heavy atom. The van der Waals surface area contributed by atoms with Gasteiger partial charge in [0.25, 0.3) is 5.56 Å². The van der Waals surface area contributed by atoms with E-state index in [0.717, 1.165) is 22.7 Å². The van der Waals surface area contributed by atoms with Gasteiger partial charge < -0.3 is 4.42 Å². The highest BCUT2D eigenvalue weighted by Crippen LogP contribution is 2.21. The van der Waals surface area contributed by atoms with E-state index in [2.05, 4.69) is 11.8 Å². The predicted octanol–water partition coefficient (Wildman–Crippen LogP) is 3.27. The average Bonchev–Trinajstić information content (AvgIpc) is 3.19. The normalized spacial score (nSPS) is 12.7. The van der Waals surface area contributed by atoms with Crippen molar-refractivity contribution in [1.82, 2.24) is 14.3 Å². The summed E-state index contributed by atoms with van der Waals surface area (Å²) in [6, 6.07) is 13.7. The maximum atomic E-state index is 12.9. The van der Waals surface area contributed by atoms with E-state index >= 15 is 0 Å². The van der Waals surface area contributed by atoms with Crippen LogP contribution in [0.15, 0.2) is 57.9 Å². The number of furan rings is 1. The third kappa shape index (κ3) is 2.83. The number of aromatic nitrogens is 2. The van der Waals surface area contributed by atoms with Crippen molar-refractivity contribution in [2.45, 2.75) is 26.4 Å². The Morgan fingerprint density at radius 3 is 2.50 bits per heavy atom. The molecule has 3 aromatic rings. The molecule has 0 amide bonds. The molecule has 3 rings (SSSR count). The zero-order chi connectivity index (χ0) is 17.3. The third-order valence-electron chi connectivity index (χ3n) is 4.70. The van der Waals surface area contributed by atoms with Gasteiger partial charge in [0.1, 0.15) is 5.76 Å². The Balaban J connectivity index is 1.94. The molecule has 0 saturated heterocycles. The number of hydrogen-bond acceptors (Lipinski definition) is 3. The van der Waals surface area contributed by atoms with Gasteiger partial charge in [-0.15, -0.1) is 0 Å². The Morgan fingerprint density at radius 2 is 1.88 bits per heavy atom. The van der Waals surface area contributed by atoms with Crippen LogP contribution in [0.4, 0.5) is 0 Å². The van der Waals surface area contributed by atoms with E-state index in [1.165, 1.54) is 0 Å². The summed E-state index contributed by atoms with van der Waals surface area (Å²) >= 11 is 0. The van der Waals surface area contributed by atoms with Crippen molar-refractivity contribution in [1.29, 1.82) is 0 Å². The summed E-state index contributed by atoms with van der Waals surface area (Å²) in [6.45, 7) is 4.63. The van der Waals surface area contributed by atoms with Crippen molar-refractivity contribution in [3.05, 3.63) is 76.1 Å². The van der Waals surface area contributed by atoms with Crippen LogP contribution in [0, 0.1) is 6.92 Å². The SMILES string of the molecule is Cc1c(CN(C)[C@H](C)c2ccco2)c(=O)n(-c2ccccc2)n1C. The molecule has 0 saturated carbocycles. The van der Waals surface area contributed by atoms with Gasteiger partial charge in [-0.25, -0.2) is 4.68 Å². The van der Waals surface area contributed by atoms with Crippen LogP contribution < -0.4 is 5.56 Å². The van der Waals surface area contributed by atoms with E-state index in [-0.39, 0.29) is 11.6 Å². The molecule has 5 nitrogen and oxygen atoms in total. The van der Waals surface area contributed by atoms with E-state index in [0.29, 0.717) is 6.54 Å². The first kappa shape index (κ1) is 16.3. The largest absolute Gasteiger partial charge is 0.468 e. The summed E-state index contributed by atoms with van der Waals surface area (Å²) in [5, 5.41) is 0. The molecule has 1 atom stereocenters. The zero-order valence-corrected chi connectivity index (χ0v) is 14.6. The van der Waals surface area contributed by atoms with Crippen LogP contribution in [0.2, 0.25) is 0 Å². The highest BCUT2D eigenvalue weighted by atomic mass is 16.3. The molecule has 0 aliphatic carbocycles. The lowest BCUT2D eigenvalue weighted by Gasteiger charge is -2.22. The fourth-order valence-electron chi connectivity index (χ4n) is 2.94. The standard InChI is InChI=1S/C19H23N3O2/c1-14-17(13-20(3)15(2)18-11-8-12-24-18)19(23)22(21(14)4)16-9-6-5-7-10-16/h5-12,15H,13H2,1-4H3/t15-/m1/s1. The molecule has 2 heterocycles. The molecule has 0 N–H and O–H groups in total. The van der Waals surface area contributed by atoms with E-state index < -0.39 is 0 Å². The molecule has 0 radical (unpaired) electrons. The quantitative estimate of drug-likeness (QED) is 0.723. The molecule has 0 aliphatic heterocycles. The van der Waals surface area contributed by atoms with E-state index in [4.69, 9.17) is 4.42 Å². The second-order valence-corrected chi connectivity index (χ2v) is 6.15. The smallest absolute Gasteiger partial charge is 0.276 e. The second kappa shape index (κ2) is 6.53. The number of para-hydroxylation sites is 1. The van der Waals surface area contributed by atoms with Crippen LogP contribution in [0.3, 0.4) is 0 Å². The monoisotopic (exact) mass is 325 g/mol. The fraction of sp³-hybridized carbons (Fsp3) is 0.316. The van der Waals surface area contributed by atoms with Gasteiger partial charge in [-0.2, -0.15) is 0 Å². The van der Waals surface area contributed by atoms with Gasteiger partial charge in [-0.3, -0.25) is 14.4 Å². The van der Waals surface area contributed by atoms with Gasteiger partial charge in [-0.1, -0.05) is 18.2 Å². The lowest BCUT2D eigenvalue weighted by Crippen LogP contribution is -2.26. The van der Waals surface area contributed by atoms with Gasteiger partial charge in [-0.05, 0) is 45.2 Å². The van der Waals surface area contributed by atoms with Gasteiger partial charge in [0.2, 0.25) is 0 Å². The van der Waals surface area contributed by atoms with E-state index in [1.807, 2.05) is 68.2 Å². The van der Waals surface area contributed by atoms with Crippen molar-refractivity contribution in [3.8, 4) is 5.69 Å².